The normalized spacial score (nSPS) is 14.7. The highest BCUT2D eigenvalue weighted by Crippen LogP contribution is 2.16. The maximum atomic E-state index is 12.9. The van der Waals surface area contributed by atoms with E-state index in [0.717, 1.165) is 22.4 Å². The number of nitrogens with one attached hydrogen (secondary N) is 2. The quantitative estimate of drug-likeness (QED) is 0.285. The van der Waals surface area contributed by atoms with Gasteiger partial charge in [-0.05, 0) is 31.0 Å². The van der Waals surface area contributed by atoms with Gasteiger partial charge >= 0.3 is 6.01 Å². The number of hydrogen-bond acceptors (Lipinski definition) is 8. The first-order valence-corrected chi connectivity index (χ1v) is 13.3. The number of anilines is 1. The Labute approximate surface area is 215 Å². The monoisotopic (exact) mass is 530 g/mol. The molecule has 37 heavy (non-hydrogen) atoms. The summed E-state index contributed by atoms with van der Waals surface area (Å²) in [4.78, 5) is 29.3. The molecule has 0 aliphatic heterocycles. The van der Waals surface area contributed by atoms with E-state index in [2.05, 4.69) is 15.6 Å². The van der Waals surface area contributed by atoms with Gasteiger partial charge in [0.05, 0.1) is 18.3 Å². The fraction of sp³-hybridized carbons (Fsp3) is 0.320. The van der Waals surface area contributed by atoms with Crippen LogP contribution in [0, 0.1) is 0 Å². The lowest BCUT2D eigenvalue weighted by molar-refractivity contribution is -0.0188. The molecule has 1 aromatic heterocycles. The van der Waals surface area contributed by atoms with E-state index in [-0.39, 0.29) is 18.1 Å². The summed E-state index contributed by atoms with van der Waals surface area (Å²) in [5.41, 5.74) is 0.958. The maximum absolute atomic E-state index is 12.9. The Bertz CT molecular complexity index is 1300. The first-order valence-electron chi connectivity index (χ1n) is 11.4. The molecular weight excluding hydrogens is 500 g/mol. The molecule has 2 aromatic carbocycles. The van der Waals surface area contributed by atoms with Gasteiger partial charge in [-0.3, -0.25) is 9.59 Å². The lowest BCUT2D eigenvalue weighted by atomic mass is 9.94. The van der Waals surface area contributed by atoms with Crippen molar-refractivity contribution in [3.05, 3.63) is 83.7 Å². The number of nitrogens with zero attached hydrogens (tertiary/aromatic N) is 2. The zero-order valence-corrected chi connectivity index (χ0v) is 21.4. The molecule has 3 rings (SSSR count). The minimum absolute atomic E-state index is 0.151. The number of aromatic nitrogens is 1. The van der Waals surface area contributed by atoms with Gasteiger partial charge in [-0.25, -0.2) is 12.7 Å². The molecule has 4 atom stereocenters. The largest absolute Gasteiger partial charge is 0.430 e. The molecule has 12 heteroatoms. The number of oxazole rings is 1. The molecule has 4 N–H and O–H groups in total. The van der Waals surface area contributed by atoms with Crippen molar-refractivity contribution in [1.82, 2.24) is 15.6 Å². The van der Waals surface area contributed by atoms with Crippen LogP contribution in [0.25, 0.3) is 0 Å². The van der Waals surface area contributed by atoms with Crippen LogP contribution in [0.3, 0.4) is 0 Å². The second kappa shape index (κ2) is 12.0. The molecule has 0 fully saturated rings. The number of carbonyl (C=O) groups excluding carboxylic acids is 2. The van der Waals surface area contributed by atoms with Crippen molar-refractivity contribution >= 4 is 27.9 Å². The van der Waals surface area contributed by atoms with Crippen LogP contribution in [0.15, 0.2) is 71.3 Å². The Morgan fingerprint density at radius 2 is 1.57 bits per heavy atom. The average Bonchev–Trinajstić information content (AvgIpc) is 3.38. The van der Waals surface area contributed by atoms with E-state index in [9.17, 15) is 28.2 Å². The molecule has 198 valence electrons. The van der Waals surface area contributed by atoms with Gasteiger partial charge in [-0.15, -0.1) is 0 Å². The number of aliphatic hydroxyl groups is 2. The number of sulfonamides is 1. The third kappa shape index (κ3) is 7.38. The Balaban J connectivity index is 1.76. The lowest BCUT2D eigenvalue weighted by Gasteiger charge is -2.31. The van der Waals surface area contributed by atoms with Gasteiger partial charge in [0.1, 0.15) is 18.5 Å². The molecule has 0 saturated heterocycles. The predicted octanol–water partition coefficient (Wildman–Crippen LogP) is 0.952. The number of carbonyl (C=O) groups is 2. The number of aliphatic hydroxyl groups excluding tert-OH is 2. The van der Waals surface area contributed by atoms with Crippen LogP contribution in [-0.2, 0) is 16.4 Å². The number of amides is 2. The van der Waals surface area contributed by atoms with Crippen molar-refractivity contribution in [1.29, 1.82) is 0 Å². The van der Waals surface area contributed by atoms with Gasteiger partial charge in [-0.1, -0.05) is 48.5 Å². The minimum Gasteiger partial charge on any atom is -0.430 e. The molecular formula is C25H30N4O7S. The molecule has 0 radical (unpaired) electrons. The summed E-state index contributed by atoms with van der Waals surface area (Å²) in [6, 6.07) is 15.3. The summed E-state index contributed by atoms with van der Waals surface area (Å²) in [7, 11) is -2.43. The number of hydrogen-bond donors (Lipinski definition) is 4. The molecule has 0 bridgehead atoms. The van der Waals surface area contributed by atoms with Crippen molar-refractivity contribution < 1.29 is 32.6 Å². The summed E-state index contributed by atoms with van der Waals surface area (Å²) in [6.45, 7) is 1.54. The number of rotatable bonds is 11. The van der Waals surface area contributed by atoms with Crippen LogP contribution in [-0.4, -0.2) is 73.0 Å². The van der Waals surface area contributed by atoms with Crippen LogP contribution in [0.1, 0.15) is 33.3 Å². The second-order valence-electron chi connectivity index (χ2n) is 8.62. The lowest BCUT2D eigenvalue weighted by Crippen LogP contribution is -2.55. The second-order valence-corrected chi connectivity index (χ2v) is 10.6. The molecule has 3 aromatic rings. The van der Waals surface area contributed by atoms with Gasteiger partial charge in [0.15, 0.2) is 5.69 Å². The smallest absolute Gasteiger partial charge is 0.311 e. The van der Waals surface area contributed by atoms with E-state index < -0.39 is 46.1 Å². The van der Waals surface area contributed by atoms with Gasteiger partial charge in [-0.2, -0.15) is 4.98 Å². The Morgan fingerprint density at radius 1 is 0.973 bits per heavy atom. The first kappa shape index (κ1) is 27.8. The molecule has 0 aliphatic rings. The summed E-state index contributed by atoms with van der Waals surface area (Å²) >= 11 is 0. The van der Waals surface area contributed by atoms with Crippen molar-refractivity contribution in [2.24, 2.45) is 0 Å². The van der Waals surface area contributed by atoms with Gasteiger partial charge in [0.25, 0.3) is 11.8 Å². The highest BCUT2D eigenvalue weighted by atomic mass is 32.2. The summed E-state index contributed by atoms with van der Waals surface area (Å²) in [6.07, 6.45) is -0.816. The van der Waals surface area contributed by atoms with Crippen molar-refractivity contribution in [3.63, 3.8) is 0 Å². The zero-order valence-electron chi connectivity index (χ0n) is 20.6. The molecule has 0 saturated carbocycles. The van der Waals surface area contributed by atoms with Crippen LogP contribution in [0.2, 0.25) is 0 Å². The van der Waals surface area contributed by atoms with Crippen LogP contribution in [0.5, 0.6) is 0 Å². The average molecular weight is 531 g/mol. The van der Waals surface area contributed by atoms with Crippen LogP contribution >= 0.6 is 0 Å². The van der Waals surface area contributed by atoms with Crippen LogP contribution in [0.4, 0.5) is 6.01 Å². The Kier molecular flexibility index (Phi) is 9.03. The fourth-order valence-corrected chi connectivity index (χ4v) is 3.89. The number of benzene rings is 2. The molecule has 0 unspecified atom stereocenters. The SMILES string of the molecule is C[C@@H](NC(=O)c1ccccc1)[C@@H](O)[C@H](O)[C@H](Cc1ccccc1)NC(=O)c1coc(N(C)S(C)(=O)=O)n1. The maximum Gasteiger partial charge on any atom is 0.311 e. The van der Waals surface area contributed by atoms with Gasteiger partial charge in [0.2, 0.25) is 10.0 Å². The van der Waals surface area contributed by atoms with Crippen molar-refractivity contribution in [3.8, 4) is 0 Å². The first-order chi connectivity index (χ1) is 17.5. The molecule has 11 nitrogen and oxygen atoms in total. The van der Waals surface area contributed by atoms with Crippen LogP contribution < -0.4 is 14.9 Å². The van der Waals surface area contributed by atoms with E-state index in [4.69, 9.17) is 4.42 Å². The summed E-state index contributed by atoms with van der Waals surface area (Å²) in [5, 5.41) is 27.2. The van der Waals surface area contributed by atoms with Gasteiger partial charge in [0, 0.05) is 12.6 Å². The van der Waals surface area contributed by atoms with E-state index in [1.54, 1.807) is 61.5 Å². The third-order valence-electron chi connectivity index (χ3n) is 5.78. The standard InChI is InChI=1S/C25H30N4O7S/c1-16(26-23(32)18-12-8-5-9-13-18)21(30)22(31)19(14-17-10-6-4-7-11-17)27-24(33)20-15-36-25(28-20)29(2)37(3,34)35/h4-13,15-16,19,21-22,30-31H,14H2,1-3H3,(H,26,32)(H,27,33)/t16-,19+,21-,22-/m1/s1. The molecule has 0 aliphatic carbocycles. The van der Waals surface area contributed by atoms with Crippen molar-refractivity contribution in [2.45, 2.75) is 37.6 Å². The highest BCUT2D eigenvalue weighted by molar-refractivity contribution is 7.92. The predicted molar refractivity (Wildman–Crippen MR) is 137 cm³/mol. The molecule has 2 amide bonds. The van der Waals surface area contributed by atoms with Gasteiger partial charge < -0.3 is 25.3 Å². The highest BCUT2D eigenvalue weighted by Gasteiger charge is 2.33. The van der Waals surface area contributed by atoms with Crippen molar-refractivity contribution in [2.75, 3.05) is 17.6 Å². The molecule has 1 heterocycles. The molecule has 0 spiro atoms. The topological polar surface area (TPSA) is 162 Å². The Morgan fingerprint density at radius 3 is 2.16 bits per heavy atom. The van der Waals surface area contributed by atoms with E-state index >= 15 is 0 Å². The zero-order chi connectivity index (χ0) is 27.2. The summed E-state index contributed by atoms with van der Waals surface area (Å²) < 4.78 is 29.3. The fourth-order valence-electron chi connectivity index (χ4n) is 3.52. The summed E-state index contributed by atoms with van der Waals surface area (Å²) in [5.74, 6) is -1.17. The van der Waals surface area contributed by atoms with E-state index in [0.29, 0.717) is 5.56 Å². The Hall–Kier alpha value is -3.74. The van der Waals surface area contributed by atoms with E-state index in [1.807, 2.05) is 6.07 Å². The van der Waals surface area contributed by atoms with E-state index in [1.165, 1.54) is 7.05 Å². The third-order valence-corrected chi connectivity index (χ3v) is 6.93. The minimum atomic E-state index is -3.66.